The maximum Gasteiger partial charge on any atom is 0.255 e. The van der Waals surface area contributed by atoms with Crippen LogP contribution in [0.25, 0.3) is 0 Å². The minimum Gasteiger partial charge on any atom is -0.319 e. The molecule has 0 unspecified atom stereocenters. The van der Waals surface area contributed by atoms with Crippen LogP contribution in [0, 0.1) is 0 Å². The lowest BCUT2D eigenvalue weighted by atomic mass is 10.2. The summed E-state index contributed by atoms with van der Waals surface area (Å²) in [5, 5.41) is 7.02. The van der Waals surface area contributed by atoms with Crippen molar-refractivity contribution in [3.63, 3.8) is 0 Å². The molecule has 0 fully saturated rings. The highest BCUT2D eigenvalue weighted by Gasteiger charge is 2.07. The summed E-state index contributed by atoms with van der Waals surface area (Å²) in [6, 6.07) is 7.18. The number of aromatic nitrogens is 4. The second kappa shape index (κ2) is 5.96. The molecule has 104 valence electrons. The number of hydrogen-bond donors (Lipinski definition) is 1. The van der Waals surface area contributed by atoms with Crippen molar-refractivity contribution < 1.29 is 4.79 Å². The van der Waals surface area contributed by atoms with Crippen LogP contribution in [0.1, 0.15) is 15.9 Å². The smallest absolute Gasteiger partial charge is 0.255 e. The van der Waals surface area contributed by atoms with Crippen molar-refractivity contribution in [1.29, 1.82) is 0 Å². The van der Waals surface area contributed by atoms with Crippen LogP contribution < -0.4 is 5.32 Å². The Bertz CT molecular complexity index is 724. The fourth-order valence-electron chi connectivity index (χ4n) is 1.90. The molecular formula is C15H13N5O. The maximum absolute atomic E-state index is 12.0. The Labute approximate surface area is 121 Å². The minimum atomic E-state index is -0.182. The second-order valence-corrected chi connectivity index (χ2v) is 4.48. The number of carbonyl (C=O) groups excluding carboxylic acids is 1. The molecule has 0 saturated carbocycles. The van der Waals surface area contributed by atoms with Gasteiger partial charge < -0.3 is 5.32 Å². The predicted octanol–water partition coefficient (Wildman–Crippen LogP) is 1.97. The Morgan fingerprint density at radius 1 is 1.10 bits per heavy atom. The van der Waals surface area contributed by atoms with Crippen molar-refractivity contribution in [2.45, 2.75) is 6.54 Å². The van der Waals surface area contributed by atoms with E-state index in [-0.39, 0.29) is 5.91 Å². The minimum absolute atomic E-state index is 0.182. The number of pyridine rings is 2. The van der Waals surface area contributed by atoms with E-state index in [1.54, 1.807) is 54.0 Å². The topological polar surface area (TPSA) is 72.7 Å². The van der Waals surface area contributed by atoms with Gasteiger partial charge in [-0.05, 0) is 23.8 Å². The molecule has 6 heteroatoms. The quantitative estimate of drug-likeness (QED) is 0.792. The van der Waals surface area contributed by atoms with E-state index in [2.05, 4.69) is 20.4 Å². The highest BCUT2D eigenvalue weighted by Crippen LogP contribution is 2.09. The molecule has 3 heterocycles. The molecular weight excluding hydrogens is 266 g/mol. The van der Waals surface area contributed by atoms with Crippen molar-refractivity contribution in [2.24, 2.45) is 0 Å². The highest BCUT2D eigenvalue weighted by molar-refractivity contribution is 6.03. The molecule has 0 aliphatic carbocycles. The molecule has 0 radical (unpaired) electrons. The average molecular weight is 279 g/mol. The van der Waals surface area contributed by atoms with Gasteiger partial charge in [0.2, 0.25) is 0 Å². The van der Waals surface area contributed by atoms with Gasteiger partial charge in [0.15, 0.2) is 0 Å². The zero-order valence-corrected chi connectivity index (χ0v) is 11.2. The molecule has 0 aromatic carbocycles. The van der Waals surface area contributed by atoms with Crippen LogP contribution in [0.15, 0.2) is 61.4 Å². The van der Waals surface area contributed by atoms with Crippen LogP contribution >= 0.6 is 0 Å². The number of nitrogens with one attached hydrogen (secondary N) is 1. The number of hydrogen-bond acceptors (Lipinski definition) is 4. The molecule has 6 nitrogen and oxygen atoms in total. The molecule has 3 aromatic rings. The first-order valence-electron chi connectivity index (χ1n) is 6.44. The summed E-state index contributed by atoms with van der Waals surface area (Å²) < 4.78 is 1.75. The van der Waals surface area contributed by atoms with Crippen LogP contribution in [0.2, 0.25) is 0 Å². The largest absolute Gasteiger partial charge is 0.319 e. The first-order chi connectivity index (χ1) is 10.3. The summed E-state index contributed by atoms with van der Waals surface area (Å²) in [4.78, 5) is 19.9. The van der Waals surface area contributed by atoms with E-state index in [1.165, 1.54) is 0 Å². The molecule has 0 aliphatic heterocycles. The molecule has 0 spiro atoms. The van der Waals surface area contributed by atoms with Crippen molar-refractivity contribution in [3.05, 3.63) is 72.6 Å². The van der Waals surface area contributed by atoms with E-state index in [1.807, 2.05) is 12.1 Å². The van der Waals surface area contributed by atoms with Gasteiger partial charge in [0, 0.05) is 36.5 Å². The second-order valence-electron chi connectivity index (χ2n) is 4.48. The number of nitrogens with zero attached hydrogens (tertiary/aromatic N) is 4. The van der Waals surface area contributed by atoms with E-state index < -0.39 is 0 Å². The first kappa shape index (κ1) is 13.0. The van der Waals surface area contributed by atoms with Crippen molar-refractivity contribution in [1.82, 2.24) is 19.7 Å². The number of rotatable bonds is 4. The summed E-state index contributed by atoms with van der Waals surface area (Å²) in [5.74, 6) is -0.182. The molecule has 0 saturated heterocycles. The van der Waals surface area contributed by atoms with Gasteiger partial charge in [0.1, 0.15) is 0 Å². The Kier molecular flexibility index (Phi) is 3.68. The molecule has 21 heavy (non-hydrogen) atoms. The fourth-order valence-corrected chi connectivity index (χ4v) is 1.90. The third kappa shape index (κ3) is 3.30. The molecule has 0 bridgehead atoms. The molecule has 0 atom stereocenters. The van der Waals surface area contributed by atoms with Gasteiger partial charge in [0.25, 0.3) is 5.91 Å². The lowest BCUT2D eigenvalue weighted by molar-refractivity contribution is 0.102. The van der Waals surface area contributed by atoms with Gasteiger partial charge in [-0.1, -0.05) is 6.07 Å². The zero-order valence-electron chi connectivity index (χ0n) is 11.2. The van der Waals surface area contributed by atoms with Gasteiger partial charge in [-0.3, -0.25) is 19.4 Å². The maximum atomic E-state index is 12.0. The summed E-state index contributed by atoms with van der Waals surface area (Å²) in [7, 11) is 0. The van der Waals surface area contributed by atoms with Gasteiger partial charge >= 0.3 is 0 Å². The van der Waals surface area contributed by atoms with Crippen molar-refractivity contribution >= 4 is 11.6 Å². The van der Waals surface area contributed by atoms with Gasteiger partial charge in [-0.15, -0.1) is 0 Å². The van der Waals surface area contributed by atoms with E-state index in [9.17, 15) is 4.79 Å². The summed E-state index contributed by atoms with van der Waals surface area (Å²) in [5.41, 5.74) is 2.26. The summed E-state index contributed by atoms with van der Waals surface area (Å²) in [6.45, 7) is 0.610. The number of carbonyl (C=O) groups is 1. The van der Waals surface area contributed by atoms with Gasteiger partial charge in [-0.2, -0.15) is 5.10 Å². The van der Waals surface area contributed by atoms with E-state index in [0.717, 1.165) is 5.56 Å². The normalized spacial score (nSPS) is 10.3. The monoisotopic (exact) mass is 279 g/mol. The summed E-state index contributed by atoms with van der Waals surface area (Å²) in [6.07, 6.45) is 10.1. The van der Waals surface area contributed by atoms with Crippen molar-refractivity contribution in [2.75, 3.05) is 5.32 Å². The fraction of sp³-hybridized carbons (Fsp3) is 0.0667. The molecule has 0 aliphatic rings. The lowest BCUT2D eigenvalue weighted by Gasteiger charge is -2.02. The molecule has 3 rings (SSSR count). The third-order valence-electron chi connectivity index (χ3n) is 2.90. The zero-order chi connectivity index (χ0) is 14.5. The van der Waals surface area contributed by atoms with Crippen LogP contribution in [-0.2, 0) is 6.54 Å². The van der Waals surface area contributed by atoms with E-state index >= 15 is 0 Å². The Morgan fingerprint density at radius 2 is 1.95 bits per heavy atom. The lowest BCUT2D eigenvalue weighted by Crippen LogP contribution is -2.11. The first-order valence-corrected chi connectivity index (χ1v) is 6.44. The SMILES string of the molecule is O=C(Nc1cnn(Cc2cccnc2)c1)c1ccncc1. The Balaban J connectivity index is 1.67. The molecule has 3 aromatic heterocycles. The van der Waals surface area contributed by atoms with Crippen LogP contribution in [0.3, 0.4) is 0 Å². The Hall–Kier alpha value is -3.02. The Morgan fingerprint density at radius 3 is 2.71 bits per heavy atom. The number of anilines is 1. The van der Waals surface area contributed by atoms with Crippen LogP contribution in [0.5, 0.6) is 0 Å². The van der Waals surface area contributed by atoms with Gasteiger partial charge in [-0.25, -0.2) is 0 Å². The molecule has 1 N–H and O–H groups in total. The van der Waals surface area contributed by atoms with E-state index in [4.69, 9.17) is 0 Å². The highest BCUT2D eigenvalue weighted by atomic mass is 16.1. The van der Waals surface area contributed by atoms with Crippen molar-refractivity contribution in [3.8, 4) is 0 Å². The number of amides is 1. The predicted molar refractivity (Wildman–Crippen MR) is 77.8 cm³/mol. The van der Waals surface area contributed by atoms with Crippen LogP contribution in [-0.4, -0.2) is 25.7 Å². The third-order valence-corrected chi connectivity index (χ3v) is 2.90. The molecule has 1 amide bonds. The van der Waals surface area contributed by atoms with Gasteiger partial charge in [0.05, 0.1) is 18.4 Å². The van der Waals surface area contributed by atoms with Crippen LogP contribution in [0.4, 0.5) is 5.69 Å². The van der Waals surface area contributed by atoms with E-state index in [0.29, 0.717) is 17.8 Å². The summed E-state index contributed by atoms with van der Waals surface area (Å²) >= 11 is 0. The standard InChI is InChI=1S/C15H13N5O/c21-15(13-3-6-16-7-4-13)19-14-9-18-20(11-14)10-12-2-1-5-17-8-12/h1-9,11H,10H2,(H,19,21). The average Bonchev–Trinajstić information content (AvgIpc) is 2.96.